The van der Waals surface area contributed by atoms with Gasteiger partial charge in [0.15, 0.2) is 0 Å². The number of hydrogen-bond donors (Lipinski definition) is 1. The fraction of sp³-hybridized carbons (Fsp3) is 0.500. The molecule has 0 spiro atoms. The van der Waals surface area contributed by atoms with Crippen LogP contribution in [-0.2, 0) is 11.3 Å². The smallest absolute Gasteiger partial charge is 0.0836 e. The summed E-state index contributed by atoms with van der Waals surface area (Å²) in [6, 6.07) is 10.1. The molecule has 0 bridgehead atoms. The second-order valence-electron chi connectivity index (χ2n) is 5.03. The zero-order chi connectivity index (χ0) is 12.8. The van der Waals surface area contributed by atoms with E-state index in [0.717, 1.165) is 18.4 Å². The minimum absolute atomic E-state index is 0.119. The van der Waals surface area contributed by atoms with Gasteiger partial charge < -0.3 is 9.84 Å². The lowest BCUT2D eigenvalue weighted by atomic mass is 10.0. The molecule has 1 N–H and O–H groups in total. The summed E-state index contributed by atoms with van der Waals surface area (Å²) < 4.78 is 5.72. The van der Waals surface area contributed by atoms with Gasteiger partial charge in [-0.1, -0.05) is 42.0 Å². The van der Waals surface area contributed by atoms with Crippen LogP contribution in [0.5, 0.6) is 0 Å². The molecule has 98 valence electrons. The number of aliphatic hydroxyl groups is 1. The fourth-order valence-corrected chi connectivity index (χ4v) is 2.27. The van der Waals surface area contributed by atoms with E-state index in [-0.39, 0.29) is 6.10 Å². The van der Waals surface area contributed by atoms with Crippen LogP contribution in [0.3, 0.4) is 0 Å². The lowest BCUT2D eigenvalue weighted by Gasteiger charge is -2.20. The predicted molar refractivity (Wildman–Crippen MR) is 73.3 cm³/mol. The summed E-state index contributed by atoms with van der Waals surface area (Å²) in [5, 5.41) is 10.1. The molecule has 0 aromatic heterocycles. The Bertz CT molecular complexity index is 383. The van der Waals surface area contributed by atoms with E-state index in [1.165, 1.54) is 18.4 Å². The first kappa shape index (κ1) is 13.3. The maximum absolute atomic E-state index is 10.1. The average Bonchev–Trinajstić information content (AvgIpc) is 2.90. The van der Waals surface area contributed by atoms with Crippen molar-refractivity contribution in [3.63, 3.8) is 0 Å². The molecule has 0 aliphatic heterocycles. The van der Waals surface area contributed by atoms with Crippen LogP contribution >= 0.6 is 0 Å². The van der Waals surface area contributed by atoms with Gasteiger partial charge in [0.2, 0.25) is 0 Å². The Morgan fingerprint density at radius 2 is 2.06 bits per heavy atom. The predicted octanol–water partition coefficient (Wildman–Crippen LogP) is 3.45. The minimum Gasteiger partial charge on any atom is -0.390 e. The summed E-state index contributed by atoms with van der Waals surface area (Å²) in [5.41, 5.74) is 2.54. The Kier molecular flexibility index (Phi) is 4.97. The van der Waals surface area contributed by atoms with Crippen LogP contribution in [0.4, 0.5) is 0 Å². The molecular weight excluding hydrogens is 224 g/mol. The number of hydrogen-bond acceptors (Lipinski definition) is 2. The van der Waals surface area contributed by atoms with Crippen molar-refractivity contribution in [2.24, 2.45) is 0 Å². The Balaban J connectivity index is 1.75. The van der Waals surface area contributed by atoms with E-state index in [1.54, 1.807) is 0 Å². The molecule has 0 radical (unpaired) electrons. The van der Waals surface area contributed by atoms with Crippen LogP contribution < -0.4 is 0 Å². The average molecular weight is 246 g/mol. The lowest BCUT2D eigenvalue weighted by molar-refractivity contribution is -0.0345. The quantitative estimate of drug-likeness (QED) is 0.779. The summed E-state index contributed by atoms with van der Waals surface area (Å²) >= 11 is 0. The third-order valence-corrected chi connectivity index (χ3v) is 3.50. The van der Waals surface area contributed by atoms with E-state index in [1.807, 2.05) is 37.3 Å². The van der Waals surface area contributed by atoms with E-state index in [4.69, 9.17) is 4.74 Å². The summed E-state index contributed by atoms with van der Waals surface area (Å²) in [6.07, 6.45) is 6.05. The van der Waals surface area contributed by atoms with Gasteiger partial charge in [0.1, 0.15) is 0 Å². The van der Waals surface area contributed by atoms with Crippen molar-refractivity contribution in [1.29, 1.82) is 0 Å². The molecule has 1 aliphatic rings. The molecule has 2 heteroatoms. The summed E-state index contributed by atoms with van der Waals surface area (Å²) in [5.74, 6) is 0. The van der Waals surface area contributed by atoms with Gasteiger partial charge in [0, 0.05) is 0 Å². The molecule has 0 fully saturated rings. The second kappa shape index (κ2) is 6.72. The van der Waals surface area contributed by atoms with Crippen molar-refractivity contribution < 1.29 is 9.84 Å². The van der Waals surface area contributed by atoms with E-state index in [2.05, 4.69) is 6.08 Å². The largest absolute Gasteiger partial charge is 0.390 e. The maximum Gasteiger partial charge on any atom is 0.0836 e. The van der Waals surface area contributed by atoms with Crippen molar-refractivity contribution in [3.05, 3.63) is 47.5 Å². The molecule has 2 rings (SSSR count). The highest BCUT2D eigenvalue weighted by Gasteiger charge is 2.17. The van der Waals surface area contributed by atoms with E-state index in [9.17, 15) is 5.11 Å². The molecule has 1 aromatic carbocycles. The van der Waals surface area contributed by atoms with Crippen molar-refractivity contribution in [2.75, 3.05) is 0 Å². The van der Waals surface area contributed by atoms with Gasteiger partial charge in [0.05, 0.1) is 18.8 Å². The second-order valence-corrected chi connectivity index (χ2v) is 5.03. The van der Waals surface area contributed by atoms with Gasteiger partial charge in [-0.2, -0.15) is 0 Å². The van der Waals surface area contributed by atoms with Gasteiger partial charge in [0.25, 0.3) is 0 Å². The number of rotatable bonds is 6. The molecule has 18 heavy (non-hydrogen) atoms. The van der Waals surface area contributed by atoms with Crippen LogP contribution in [0.2, 0.25) is 0 Å². The Morgan fingerprint density at radius 1 is 1.28 bits per heavy atom. The SMILES string of the molecule is C[C@H](OCc1ccccc1)C(O)CC1=CCCC1. The highest BCUT2D eigenvalue weighted by molar-refractivity contribution is 5.13. The van der Waals surface area contributed by atoms with Gasteiger partial charge in [-0.3, -0.25) is 0 Å². The summed E-state index contributed by atoms with van der Waals surface area (Å²) in [6.45, 7) is 2.52. The topological polar surface area (TPSA) is 29.5 Å². The first-order valence-electron chi connectivity index (χ1n) is 6.77. The molecular formula is C16H22O2. The maximum atomic E-state index is 10.1. The number of allylic oxidation sites excluding steroid dienone is 1. The minimum atomic E-state index is -0.391. The molecule has 2 atom stereocenters. The van der Waals surface area contributed by atoms with E-state index < -0.39 is 6.10 Å². The van der Waals surface area contributed by atoms with Crippen LogP contribution in [-0.4, -0.2) is 17.3 Å². The Labute approximate surface area is 109 Å². The van der Waals surface area contributed by atoms with Crippen LogP contribution in [0.15, 0.2) is 42.0 Å². The third kappa shape index (κ3) is 3.97. The highest BCUT2D eigenvalue weighted by Crippen LogP contribution is 2.23. The molecule has 1 aromatic rings. The Morgan fingerprint density at radius 3 is 2.72 bits per heavy atom. The molecule has 0 amide bonds. The van der Waals surface area contributed by atoms with Crippen molar-refractivity contribution in [3.8, 4) is 0 Å². The molecule has 0 saturated heterocycles. The van der Waals surface area contributed by atoms with Gasteiger partial charge in [-0.15, -0.1) is 0 Å². The number of ether oxygens (including phenoxy) is 1. The van der Waals surface area contributed by atoms with E-state index >= 15 is 0 Å². The van der Waals surface area contributed by atoms with Crippen LogP contribution in [0.25, 0.3) is 0 Å². The molecule has 0 heterocycles. The first-order valence-corrected chi connectivity index (χ1v) is 6.77. The zero-order valence-electron chi connectivity index (χ0n) is 11.0. The van der Waals surface area contributed by atoms with E-state index in [0.29, 0.717) is 6.61 Å². The van der Waals surface area contributed by atoms with Crippen LogP contribution in [0.1, 0.15) is 38.2 Å². The highest BCUT2D eigenvalue weighted by atomic mass is 16.5. The Hall–Kier alpha value is -1.12. The standard InChI is InChI=1S/C16H22O2/c1-13(16(17)11-14-7-5-6-8-14)18-12-15-9-3-2-4-10-15/h2-4,7,9-10,13,16-17H,5-6,8,11-12H2,1H3/t13-,16?/m0/s1. The van der Waals surface area contributed by atoms with Crippen molar-refractivity contribution in [1.82, 2.24) is 0 Å². The normalized spacial score (nSPS) is 18.4. The van der Waals surface area contributed by atoms with Crippen molar-refractivity contribution in [2.45, 2.75) is 51.4 Å². The summed E-state index contributed by atoms with van der Waals surface area (Å²) in [7, 11) is 0. The van der Waals surface area contributed by atoms with Gasteiger partial charge in [-0.05, 0) is 38.2 Å². The van der Waals surface area contributed by atoms with Crippen molar-refractivity contribution >= 4 is 0 Å². The number of benzene rings is 1. The van der Waals surface area contributed by atoms with Gasteiger partial charge >= 0.3 is 0 Å². The number of aliphatic hydroxyl groups excluding tert-OH is 1. The molecule has 2 nitrogen and oxygen atoms in total. The molecule has 1 aliphatic carbocycles. The van der Waals surface area contributed by atoms with Gasteiger partial charge in [-0.25, -0.2) is 0 Å². The lowest BCUT2D eigenvalue weighted by Crippen LogP contribution is -2.26. The third-order valence-electron chi connectivity index (χ3n) is 3.50. The molecule has 1 unspecified atom stereocenters. The fourth-order valence-electron chi connectivity index (χ4n) is 2.27. The summed E-state index contributed by atoms with van der Waals surface area (Å²) in [4.78, 5) is 0. The zero-order valence-corrected chi connectivity index (χ0v) is 11.0. The monoisotopic (exact) mass is 246 g/mol. The first-order chi connectivity index (χ1) is 8.75. The van der Waals surface area contributed by atoms with Crippen LogP contribution in [0, 0.1) is 0 Å². The molecule has 0 saturated carbocycles.